The van der Waals surface area contributed by atoms with Crippen molar-refractivity contribution in [3.63, 3.8) is 0 Å². The second kappa shape index (κ2) is 7.22. The van der Waals surface area contributed by atoms with Crippen LogP contribution in [0.3, 0.4) is 0 Å². The lowest BCUT2D eigenvalue weighted by molar-refractivity contribution is -0.177. The van der Waals surface area contributed by atoms with E-state index in [0.717, 1.165) is 37.7 Å². The summed E-state index contributed by atoms with van der Waals surface area (Å²) >= 11 is 0. The number of carbonyl (C=O) groups is 3. The summed E-state index contributed by atoms with van der Waals surface area (Å²) < 4.78 is 5.46. The van der Waals surface area contributed by atoms with Crippen LogP contribution >= 0.6 is 0 Å². The van der Waals surface area contributed by atoms with Gasteiger partial charge in [-0.1, -0.05) is 30.3 Å². The molecule has 2 unspecified atom stereocenters. The summed E-state index contributed by atoms with van der Waals surface area (Å²) in [7, 11) is 0. The highest BCUT2D eigenvalue weighted by Crippen LogP contribution is 2.62. The highest BCUT2D eigenvalue weighted by Gasteiger charge is 2.61. The lowest BCUT2D eigenvalue weighted by Crippen LogP contribution is -2.64. The molecule has 2 atom stereocenters. The molecule has 5 rings (SSSR count). The highest BCUT2D eigenvalue weighted by atomic mass is 16.5. The lowest BCUT2D eigenvalue weighted by atomic mass is 9.47. The molecule has 28 heavy (non-hydrogen) atoms. The van der Waals surface area contributed by atoms with E-state index in [0.29, 0.717) is 24.8 Å². The number of nitrogens with one attached hydrogen (secondary N) is 2. The van der Waals surface area contributed by atoms with Crippen molar-refractivity contribution in [1.29, 1.82) is 0 Å². The van der Waals surface area contributed by atoms with Crippen LogP contribution in [0.2, 0.25) is 0 Å². The van der Waals surface area contributed by atoms with Gasteiger partial charge >= 0.3 is 5.97 Å². The molecule has 150 valence electrons. The molecule has 4 aliphatic rings. The van der Waals surface area contributed by atoms with Gasteiger partial charge in [-0.3, -0.25) is 14.4 Å². The van der Waals surface area contributed by atoms with Crippen LogP contribution in [-0.4, -0.2) is 29.9 Å². The summed E-state index contributed by atoms with van der Waals surface area (Å²) in [6.07, 6.45) is 5.31. The Kier molecular flexibility index (Phi) is 4.89. The lowest BCUT2D eigenvalue weighted by Gasteiger charge is -2.60. The Morgan fingerprint density at radius 1 is 1.07 bits per heavy atom. The first-order valence-electron chi connectivity index (χ1n) is 10.1. The van der Waals surface area contributed by atoms with E-state index in [-0.39, 0.29) is 29.9 Å². The van der Waals surface area contributed by atoms with Crippen molar-refractivity contribution in [3.8, 4) is 0 Å². The molecule has 0 radical (unpaired) electrons. The Bertz CT molecular complexity index is 762. The van der Waals surface area contributed by atoms with Gasteiger partial charge in [-0.25, -0.2) is 0 Å². The molecule has 2 N–H and O–H groups in total. The maximum Gasteiger partial charge on any atom is 0.312 e. The van der Waals surface area contributed by atoms with E-state index in [4.69, 9.17) is 4.74 Å². The first-order valence-corrected chi connectivity index (χ1v) is 10.1. The van der Waals surface area contributed by atoms with Gasteiger partial charge in [0.1, 0.15) is 0 Å². The molecule has 1 aromatic carbocycles. The summed E-state index contributed by atoms with van der Waals surface area (Å²) in [6, 6.07) is 9.62. The normalized spacial score (nSPS) is 32.6. The fraction of sp³-hybridized carbons (Fsp3) is 0.591. The predicted octanol–water partition coefficient (Wildman–Crippen LogP) is 2.32. The minimum absolute atomic E-state index is 0.0363. The van der Waals surface area contributed by atoms with E-state index in [1.54, 1.807) is 6.92 Å². The third kappa shape index (κ3) is 3.77. The van der Waals surface area contributed by atoms with Gasteiger partial charge in [-0.2, -0.15) is 0 Å². The molecule has 0 aromatic heterocycles. The molecule has 4 fully saturated rings. The molecule has 0 saturated heterocycles. The third-order valence-electron chi connectivity index (χ3n) is 6.60. The molecule has 4 saturated carbocycles. The average molecular weight is 384 g/mol. The topological polar surface area (TPSA) is 84.5 Å². The number of ether oxygens (including phenoxy) is 1. The number of amides is 2. The maximum absolute atomic E-state index is 13.0. The van der Waals surface area contributed by atoms with Crippen LogP contribution in [0.15, 0.2) is 30.3 Å². The number of hydrogen-bond donors (Lipinski definition) is 2. The Balaban J connectivity index is 1.35. The highest BCUT2D eigenvalue weighted by molar-refractivity contribution is 5.83. The van der Waals surface area contributed by atoms with E-state index in [1.165, 1.54) is 0 Å². The SMILES string of the molecule is CC(=O)NC12CC3CC(C1)CC(C(=O)OCC(=O)NCc1ccccc1)(C3)C2. The minimum atomic E-state index is -0.549. The van der Waals surface area contributed by atoms with Gasteiger partial charge in [0.2, 0.25) is 5.91 Å². The smallest absolute Gasteiger partial charge is 0.312 e. The van der Waals surface area contributed by atoms with Gasteiger partial charge in [0.25, 0.3) is 5.91 Å². The van der Waals surface area contributed by atoms with Crippen LogP contribution in [0.1, 0.15) is 51.0 Å². The van der Waals surface area contributed by atoms with Crippen LogP contribution in [-0.2, 0) is 25.7 Å². The fourth-order valence-electron chi connectivity index (χ4n) is 6.15. The van der Waals surface area contributed by atoms with Crippen LogP contribution in [0.5, 0.6) is 0 Å². The number of benzene rings is 1. The molecule has 1 aromatic rings. The van der Waals surface area contributed by atoms with Crippen molar-refractivity contribution in [2.24, 2.45) is 17.3 Å². The molecule has 4 aliphatic carbocycles. The van der Waals surface area contributed by atoms with E-state index in [2.05, 4.69) is 10.6 Å². The van der Waals surface area contributed by atoms with Gasteiger partial charge in [0, 0.05) is 19.0 Å². The van der Waals surface area contributed by atoms with E-state index in [9.17, 15) is 14.4 Å². The standard InChI is InChI=1S/C22H28N2O4/c1-15(25)24-22-10-17-7-18(11-22)9-21(8-17,14-22)20(27)28-13-19(26)23-12-16-5-3-2-4-6-16/h2-6,17-18H,7-14H2,1H3,(H,23,26)(H,24,25). The number of hydrogen-bond acceptors (Lipinski definition) is 4. The number of rotatable bonds is 6. The van der Waals surface area contributed by atoms with Crippen LogP contribution in [0.25, 0.3) is 0 Å². The summed E-state index contributed by atoms with van der Waals surface area (Å²) in [4.78, 5) is 36.8. The molecular weight excluding hydrogens is 356 g/mol. The van der Waals surface area contributed by atoms with Crippen molar-refractivity contribution < 1.29 is 19.1 Å². The summed E-state index contributed by atoms with van der Waals surface area (Å²) in [5, 5.41) is 5.93. The van der Waals surface area contributed by atoms with E-state index in [1.807, 2.05) is 30.3 Å². The third-order valence-corrected chi connectivity index (χ3v) is 6.60. The van der Waals surface area contributed by atoms with Crippen molar-refractivity contribution in [2.45, 2.75) is 57.5 Å². The molecule has 0 aliphatic heterocycles. The Hall–Kier alpha value is -2.37. The fourth-order valence-corrected chi connectivity index (χ4v) is 6.15. The Morgan fingerprint density at radius 2 is 1.75 bits per heavy atom. The van der Waals surface area contributed by atoms with Crippen molar-refractivity contribution >= 4 is 17.8 Å². The van der Waals surface area contributed by atoms with Crippen LogP contribution < -0.4 is 10.6 Å². The van der Waals surface area contributed by atoms with Crippen molar-refractivity contribution in [1.82, 2.24) is 10.6 Å². The van der Waals surface area contributed by atoms with E-state index >= 15 is 0 Å². The second-order valence-electron chi connectivity index (χ2n) is 9.04. The van der Waals surface area contributed by atoms with Crippen molar-refractivity contribution in [2.75, 3.05) is 6.61 Å². The molecule has 0 spiro atoms. The molecule has 6 nitrogen and oxygen atoms in total. The van der Waals surface area contributed by atoms with E-state index < -0.39 is 5.41 Å². The van der Waals surface area contributed by atoms with Gasteiger partial charge < -0.3 is 15.4 Å². The maximum atomic E-state index is 13.0. The molecule has 4 bridgehead atoms. The van der Waals surface area contributed by atoms with Crippen LogP contribution in [0, 0.1) is 17.3 Å². The van der Waals surface area contributed by atoms with Gasteiger partial charge in [0.15, 0.2) is 6.61 Å². The van der Waals surface area contributed by atoms with Crippen LogP contribution in [0.4, 0.5) is 0 Å². The number of carbonyl (C=O) groups excluding carboxylic acids is 3. The molecule has 0 heterocycles. The second-order valence-corrected chi connectivity index (χ2v) is 9.04. The Labute approximate surface area is 165 Å². The summed E-state index contributed by atoms with van der Waals surface area (Å²) in [5.74, 6) is 0.301. The first kappa shape index (κ1) is 19.0. The minimum Gasteiger partial charge on any atom is -0.455 e. The quantitative estimate of drug-likeness (QED) is 0.737. The summed E-state index contributed by atoms with van der Waals surface area (Å²) in [5.41, 5.74) is 0.178. The molecular formula is C22H28N2O4. The summed E-state index contributed by atoms with van der Waals surface area (Å²) in [6.45, 7) is 1.70. The average Bonchev–Trinajstić information content (AvgIpc) is 2.63. The first-order chi connectivity index (χ1) is 13.4. The zero-order valence-electron chi connectivity index (χ0n) is 16.3. The number of esters is 1. The monoisotopic (exact) mass is 384 g/mol. The van der Waals surface area contributed by atoms with Crippen molar-refractivity contribution in [3.05, 3.63) is 35.9 Å². The zero-order valence-corrected chi connectivity index (χ0v) is 16.3. The van der Waals surface area contributed by atoms with Gasteiger partial charge in [-0.05, 0) is 55.9 Å². The van der Waals surface area contributed by atoms with Gasteiger partial charge in [-0.15, -0.1) is 0 Å². The largest absolute Gasteiger partial charge is 0.455 e. The molecule has 2 amide bonds. The zero-order chi connectivity index (χ0) is 19.8. The van der Waals surface area contributed by atoms with Gasteiger partial charge in [0.05, 0.1) is 5.41 Å². The predicted molar refractivity (Wildman–Crippen MR) is 103 cm³/mol. The molecule has 6 heteroatoms. The Morgan fingerprint density at radius 3 is 2.39 bits per heavy atom.